The number of hydrogen-bond acceptors (Lipinski definition) is 1. The summed E-state index contributed by atoms with van der Waals surface area (Å²) in [4.78, 5) is 0. The lowest BCUT2D eigenvalue weighted by Gasteiger charge is -2.10. The van der Waals surface area contributed by atoms with Gasteiger partial charge in [-0.25, -0.2) is 0 Å². The van der Waals surface area contributed by atoms with E-state index in [0.717, 1.165) is 12.0 Å². The number of unbranched alkanes of at least 4 members (excludes halogenated alkanes) is 8. The summed E-state index contributed by atoms with van der Waals surface area (Å²) >= 11 is 0. The van der Waals surface area contributed by atoms with E-state index in [0.29, 0.717) is 0 Å². The van der Waals surface area contributed by atoms with Crippen molar-refractivity contribution >= 4 is 0 Å². The predicted octanol–water partition coefficient (Wildman–Crippen LogP) is 7.30. The second kappa shape index (κ2) is 11.5. The Kier molecular flexibility index (Phi) is 8.84. The van der Waals surface area contributed by atoms with Gasteiger partial charge in [-0.1, -0.05) is 94.7 Å². The number of benzene rings is 2. The van der Waals surface area contributed by atoms with Crippen molar-refractivity contribution in [2.24, 2.45) is 0 Å². The van der Waals surface area contributed by atoms with Crippen molar-refractivity contribution in [2.45, 2.75) is 71.1 Å². The molecular formula is C24H31N. The number of aryl methyl sites for hydroxylation is 1. The average Bonchev–Trinajstić information content (AvgIpc) is 2.67. The van der Waals surface area contributed by atoms with Gasteiger partial charge in [0.1, 0.15) is 0 Å². The normalized spacial score (nSPS) is 10.6. The minimum atomic E-state index is 0.722. The van der Waals surface area contributed by atoms with Crippen LogP contribution in [0, 0.1) is 11.3 Å². The minimum Gasteiger partial charge on any atom is -0.192 e. The molecule has 0 amide bonds. The summed E-state index contributed by atoms with van der Waals surface area (Å²) in [5.74, 6) is 0. The van der Waals surface area contributed by atoms with Gasteiger partial charge >= 0.3 is 0 Å². The lowest BCUT2D eigenvalue weighted by Crippen LogP contribution is -1.91. The molecule has 0 atom stereocenters. The van der Waals surface area contributed by atoms with E-state index in [1.165, 1.54) is 74.5 Å². The zero-order valence-electron chi connectivity index (χ0n) is 15.6. The Morgan fingerprint density at radius 2 is 1.32 bits per heavy atom. The Hall–Kier alpha value is -2.07. The Morgan fingerprint density at radius 3 is 1.96 bits per heavy atom. The molecule has 0 aliphatic heterocycles. The smallest absolute Gasteiger partial charge is 0.0991 e. The Balaban J connectivity index is 1.78. The standard InChI is InChI=1S/C24H31N/c1-2-3-4-5-6-7-8-9-10-13-22-14-11-12-15-24(22)23-18-16-21(20-25)17-19-23/h11-12,14-19H,2-10,13H2,1H3. The van der Waals surface area contributed by atoms with E-state index in [2.05, 4.69) is 49.4 Å². The maximum absolute atomic E-state index is 8.95. The fourth-order valence-electron chi connectivity index (χ4n) is 3.37. The van der Waals surface area contributed by atoms with Gasteiger partial charge in [-0.2, -0.15) is 5.26 Å². The van der Waals surface area contributed by atoms with Gasteiger partial charge < -0.3 is 0 Å². The molecule has 2 aromatic carbocycles. The van der Waals surface area contributed by atoms with E-state index < -0.39 is 0 Å². The van der Waals surface area contributed by atoms with E-state index in [-0.39, 0.29) is 0 Å². The highest BCUT2D eigenvalue weighted by Crippen LogP contribution is 2.25. The third kappa shape index (κ3) is 6.75. The molecular weight excluding hydrogens is 302 g/mol. The molecule has 0 N–H and O–H groups in total. The molecule has 2 aromatic rings. The van der Waals surface area contributed by atoms with Gasteiger partial charge in [0, 0.05) is 0 Å². The highest BCUT2D eigenvalue weighted by atomic mass is 14.2. The zero-order valence-corrected chi connectivity index (χ0v) is 15.6. The monoisotopic (exact) mass is 333 g/mol. The summed E-state index contributed by atoms with van der Waals surface area (Å²) in [6.07, 6.45) is 13.5. The molecule has 0 bridgehead atoms. The van der Waals surface area contributed by atoms with Gasteiger partial charge in [0.25, 0.3) is 0 Å². The second-order valence-corrected chi connectivity index (χ2v) is 6.92. The third-order valence-electron chi connectivity index (χ3n) is 4.89. The maximum atomic E-state index is 8.95. The van der Waals surface area contributed by atoms with E-state index in [4.69, 9.17) is 5.26 Å². The van der Waals surface area contributed by atoms with E-state index in [9.17, 15) is 0 Å². The highest BCUT2D eigenvalue weighted by Gasteiger charge is 2.04. The van der Waals surface area contributed by atoms with Crippen LogP contribution in [0.3, 0.4) is 0 Å². The number of hydrogen-bond donors (Lipinski definition) is 0. The number of rotatable bonds is 11. The molecule has 0 heterocycles. The van der Waals surface area contributed by atoms with Crippen LogP contribution in [0.15, 0.2) is 48.5 Å². The summed E-state index contributed by atoms with van der Waals surface area (Å²) in [5, 5.41) is 8.95. The van der Waals surface area contributed by atoms with Crippen LogP contribution in [-0.4, -0.2) is 0 Å². The second-order valence-electron chi connectivity index (χ2n) is 6.92. The van der Waals surface area contributed by atoms with E-state index >= 15 is 0 Å². The molecule has 0 aliphatic rings. The first kappa shape index (κ1) is 19.3. The Labute approximate surface area is 153 Å². The number of nitriles is 1. The van der Waals surface area contributed by atoms with Crippen LogP contribution < -0.4 is 0 Å². The molecule has 1 nitrogen and oxygen atoms in total. The molecule has 0 aromatic heterocycles. The highest BCUT2D eigenvalue weighted by molar-refractivity contribution is 5.68. The van der Waals surface area contributed by atoms with Crippen molar-refractivity contribution in [1.29, 1.82) is 5.26 Å². The Morgan fingerprint density at radius 1 is 0.720 bits per heavy atom. The SMILES string of the molecule is CCCCCCCCCCCc1ccccc1-c1ccc(C#N)cc1. The van der Waals surface area contributed by atoms with Crippen molar-refractivity contribution < 1.29 is 0 Å². The lowest BCUT2D eigenvalue weighted by atomic mass is 9.95. The van der Waals surface area contributed by atoms with Crippen LogP contribution in [0.4, 0.5) is 0 Å². The molecule has 132 valence electrons. The first-order chi connectivity index (χ1) is 12.3. The van der Waals surface area contributed by atoms with Crippen molar-refractivity contribution in [2.75, 3.05) is 0 Å². The van der Waals surface area contributed by atoms with Crippen LogP contribution in [0.5, 0.6) is 0 Å². The molecule has 1 heteroatoms. The summed E-state index contributed by atoms with van der Waals surface area (Å²) in [5.41, 5.74) is 4.67. The third-order valence-corrected chi connectivity index (χ3v) is 4.89. The summed E-state index contributed by atoms with van der Waals surface area (Å²) in [7, 11) is 0. The van der Waals surface area contributed by atoms with Crippen LogP contribution in [0.2, 0.25) is 0 Å². The number of nitrogens with zero attached hydrogens (tertiary/aromatic N) is 1. The molecule has 0 saturated carbocycles. The predicted molar refractivity (Wildman–Crippen MR) is 108 cm³/mol. The van der Waals surface area contributed by atoms with Crippen molar-refractivity contribution in [1.82, 2.24) is 0 Å². The Bertz CT molecular complexity index is 649. The largest absolute Gasteiger partial charge is 0.192 e. The molecule has 0 unspecified atom stereocenters. The minimum absolute atomic E-state index is 0.722. The quantitative estimate of drug-likeness (QED) is 0.396. The van der Waals surface area contributed by atoms with Crippen molar-refractivity contribution in [3.05, 3.63) is 59.7 Å². The van der Waals surface area contributed by atoms with Gasteiger partial charge in [0.15, 0.2) is 0 Å². The average molecular weight is 334 g/mol. The van der Waals surface area contributed by atoms with E-state index in [1.54, 1.807) is 0 Å². The van der Waals surface area contributed by atoms with Crippen LogP contribution >= 0.6 is 0 Å². The van der Waals surface area contributed by atoms with Crippen molar-refractivity contribution in [3.63, 3.8) is 0 Å². The van der Waals surface area contributed by atoms with Gasteiger partial charge in [0.2, 0.25) is 0 Å². The topological polar surface area (TPSA) is 23.8 Å². The zero-order chi connectivity index (χ0) is 17.7. The van der Waals surface area contributed by atoms with Crippen LogP contribution in [-0.2, 0) is 6.42 Å². The summed E-state index contributed by atoms with van der Waals surface area (Å²) in [6.45, 7) is 2.27. The van der Waals surface area contributed by atoms with Gasteiger partial charge in [-0.3, -0.25) is 0 Å². The molecule has 0 fully saturated rings. The first-order valence-corrected chi connectivity index (χ1v) is 9.93. The molecule has 25 heavy (non-hydrogen) atoms. The maximum Gasteiger partial charge on any atom is 0.0991 e. The molecule has 0 saturated heterocycles. The van der Waals surface area contributed by atoms with Gasteiger partial charge in [0.05, 0.1) is 11.6 Å². The van der Waals surface area contributed by atoms with Gasteiger partial charge in [-0.15, -0.1) is 0 Å². The summed E-state index contributed by atoms with van der Waals surface area (Å²) < 4.78 is 0. The molecule has 0 spiro atoms. The first-order valence-electron chi connectivity index (χ1n) is 9.93. The molecule has 0 radical (unpaired) electrons. The molecule has 2 rings (SSSR count). The lowest BCUT2D eigenvalue weighted by molar-refractivity contribution is 0.565. The van der Waals surface area contributed by atoms with Crippen molar-refractivity contribution in [3.8, 4) is 17.2 Å². The molecule has 0 aliphatic carbocycles. The fourth-order valence-corrected chi connectivity index (χ4v) is 3.37. The van der Waals surface area contributed by atoms with Crippen LogP contribution in [0.25, 0.3) is 11.1 Å². The van der Waals surface area contributed by atoms with Gasteiger partial charge in [-0.05, 0) is 41.7 Å². The van der Waals surface area contributed by atoms with Crippen LogP contribution in [0.1, 0.15) is 75.8 Å². The fraction of sp³-hybridized carbons (Fsp3) is 0.458. The summed E-state index contributed by atoms with van der Waals surface area (Å²) in [6, 6.07) is 18.8. The van der Waals surface area contributed by atoms with E-state index in [1.807, 2.05) is 12.1 Å².